The number of nitrogens with zero attached hydrogens (tertiary/aromatic N) is 1. The maximum Gasteiger partial charge on any atom is 0.0900 e. The lowest BCUT2D eigenvalue weighted by Crippen LogP contribution is -2.49. The van der Waals surface area contributed by atoms with Gasteiger partial charge in [-0.15, -0.1) is 0 Å². The molecule has 1 aliphatic carbocycles. The third-order valence-corrected chi connectivity index (χ3v) is 4.16. The van der Waals surface area contributed by atoms with E-state index < -0.39 is 0 Å². The predicted molar refractivity (Wildman–Crippen MR) is 64.4 cm³/mol. The second kappa shape index (κ2) is 5.99. The van der Waals surface area contributed by atoms with Gasteiger partial charge in [0.1, 0.15) is 0 Å². The summed E-state index contributed by atoms with van der Waals surface area (Å²) in [6.07, 6.45) is 7.92. The number of ether oxygens (including phenoxy) is 1. The number of hydrogen-bond donors (Lipinski definition) is 1. The monoisotopic (exact) mass is 227 g/mol. The van der Waals surface area contributed by atoms with Crippen LogP contribution in [0.15, 0.2) is 0 Å². The highest BCUT2D eigenvalue weighted by molar-refractivity contribution is 4.88. The fraction of sp³-hybridized carbons (Fsp3) is 1.00. The second-order valence-electron chi connectivity index (χ2n) is 5.36. The summed E-state index contributed by atoms with van der Waals surface area (Å²) < 4.78 is 5.00. The molecule has 1 N–H and O–H groups in total. The summed E-state index contributed by atoms with van der Waals surface area (Å²) in [5.74, 6) is 0.900. The van der Waals surface area contributed by atoms with E-state index in [0.29, 0.717) is 6.61 Å². The molecule has 3 nitrogen and oxygen atoms in total. The third-order valence-electron chi connectivity index (χ3n) is 4.16. The zero-order chi connectivity index (χ0) is 11.4. The molecule has 1 unspecified atom stereocenters. The van der Waals surface area contributed by atoms with Gasteiger partial charge in [0.05, 0.1) is 12.7 Å². The highest BCUT2D eigenvalue weighted by Gasteiger charge is 2.33. The van der Waals surface area contributed by atoms with Gasteiger partial charge in [-0.25, -0.2) is 0 Å². The topological polar surface area (TPSA) is 32.7 Å². The number of methoxy groups -OCH3 is 1. The first-order valence-electron chi connectivity index (χ1n) is 6.72. The summed E-state index contributed by atoms with van der Waals surface area (Å²) in [6, 6.07) is 0.744. The Kier molecular flexibility index (Phi) is 4.62. The Bertz CT molecular complexity index is 208. The standard InChI is InChI=1S/C13H25NO2/c1-16-10-12(15)9-14-8-4-6-11-5-2-3-7-13(11)14/h11-13,15H,2-10H2,1H3/t11-,12?,13-/m1/s1. The number of aliphatic hydroxyl groups excluding tert-OH is 1. The molecule has 3 heteroatoms. The lowest BCUT2D eigenvalue weighted by atomic mass is 9.78. The molecule has 0 aromatic rings. The van der Waals surface area contributed by atoms with Gasteiger partial charge in [-0.1, -0.05) is 12.8 Å². The molecule has 2 rings (SSSR count). The minimum atomic E-state index is -0.314. The molecule has 1 saturated carbocycles. The second-order valence-corrected chi connectivity index (χ2v) is 5.36. The first-order valence-corrected chi connectivity index (χ1v) is 6.72. The van der Waals surface area contributed by atoms with Crippen molar-refractivity contribution in [1.29, 1.82) is 0 Å². The predicted octanol–water partition coefficient (Wildman–Crippen LogP) is 1.65. The molecule has 1 aliphatic heterocycles. The van der Waals surface area contributed by atoms with Gasteiger partial charge in [0.2, 0.25) is 0 Å². The van der Waals surface area contributed by atoms with Gasteiger partial charge in [-0.3, -0.25) is 4.90 Å². The molecule has 0 aromatic heterocycles. The van der Waals surface area contributed by atoms with Crippen LogP contribution >= 0.6 is 0 Å². The van der Waals surface area contributed by atoms with E-state index in [2.05, 4.69) is 4.90 Å². The van der Waals surface area contributed by atoms with Gasteiger partial charge in [-0.2, -0.15) is 0 Å². The summed E-state index contributed by atoms with van der Waals surface area (Å²) in [7, 11) is 1.66. The van der Waals surface area contributed by atoms with Crippen LogP contribution in [0.4, 0.5) is 0 Å². The van der Waals surface area contributed by atoms with E-state index in [9.17, 15) is 5.11 Å². The molecule has 2 aliphatic rings. The molecular formula is C13H25NO2. The normalized spacial score (nSPS) is 33.4. The van der Waals surface area contributed by atoms with Crippen molar-refractivity contribution in [2.75, 3.05) is 26.8 Å². The molecule has 16 heavy (non-hydrogen) atoms. The maximum absolute atomic E-state index is 9.83. The SMILES string of the molecule is COCC(O)CN1CCC[C@H]2CCCC[C@H]21. The number of rotatable bonds is 4. The summed E-state index contributed by atoms with van der Waals surface area (Å²) >= 11 is 0. The van der Waals surface area contributed by atoms with Crippen molar-refractivity contribution < 1.29 is 9.84 Å². The van der Waals surface area contributed by atoms with Crippen molar-refractivity contribution in [2.45, 2.75) is 50.7 Å². The highest BCUT2D eigenvalue weighted by atomic mass is 16.5. The Morgan fingerprint density at radius 1 is 1.25 bits per heavy atom. The van der Waals surface area contributed by atoms with Gasteiger partial charge in [-0.05, 0) is 38.1 Å². The maximum atomic E-state index is 9.83. The third kappa shape index (κ3) is 2.96. The van der Waals surface area contributed by atoms with Crippen molar-refractivity contribution in [3.63, 3.8) is 0 Å². The molecule has 1 saturated heterocycles. The van der Waals surface area contributed by atoms with Gasteiger partial charge in [0, 0.05) is 19.7 Å². The summed E-state index contributed by atoms with van der Waals surface area (Å²) in [4.78, 5) is 2.51. The van der Waals surface area contributed by atoms with Crippen LogP contribution in [0.3, 0.4) is 0 Å². The van der Waals surface area contributed by atoms with Crippen LogP contribution in [0.5, 0.6) is 0 Å². The zero-order valence-electron chi connectivity index (χ0n) is 10.4. The molecule has 0 spiro atoms. The van der Waals surface area contributed by atoms with Crippen LogP contribution in [0.25, 0.3) is 0 Å². The van der Waals surface area contributed by atoms with E-state index in [1.807, 2.05) is 0 Å². The Morgan fingerprint density at radius 2 is 2.00 bits per heavy atom. The molecule has 0 radical (unpaired) electrons. The molecule has 94 valence electrons. The van der Waals surface area contributed by atoms with E-state index in [0.717, 1.165) is 18.5 Å². The minimum Gasteiger partial charge on any atom is -0.389 e. The van der Waals surface area contributed by atoms with Crippen LogP contribution in [-0.2, 0) is 4.74 Å². The number of fused-ring (bicyclic) bond motifs is 1. The minimum absolute atomic E-state index is 0.314. The van der Waals surface area contributed by atoms with Crippen LogP contribution in [-0.4, -0.2) is 49.0 Å². The smallest absolute Gasteiger partial charge is 0.0900 e. The Morgan fingerprint density at radius 3 is 2.81 bits per heavy atom. The zero-order valence-corrected chi connectivity index (χ0v) is 10.4. The Labute approximate surface area is 98.8 Å². The number of hydrogen-bond acceptors (Lipinski definition) is 3. The van der Waals surface area contributed by atoms with Gasteiger partial charge in [0.25, 0.3) is 0 Å². The van der Waals surface area contributed by atoms with Crippen LogP contribution in [0, 0.1) is 5.92 Å². The lowest BCUT2D eigenvalue weighted by Gasteiger charge is -2.44. The molecule has 2 fully saturated rings. The van der Waals surface area contributed by atoms with Crippen molar-refractivity contribution in [2.24, 2.45) is 5.92 Å². The number of β-amino-alcohol motifs (C(OH)–C–C–N with tert-alkyl or cyclic N) is 1. The van der Waals surface area contributed by atoms with Crippen molar-refractivity contribution >= 4 is 0 Å². The molecule has 1 heterocycles. The summed E-state index contributed by atoms with van der Waals surface area (Å²) in [6.45, 7) is 2.44. The number of aliphatic hydroxyl groups is 1. The van der Waals surface area contributed by atoms with Crippen molar-refractivity contribution in [3.8, 4) is 0 Å². The van der Waals surface area contributed by atoms with E-state index in [1.54, 1.807) is 7.11 Å². The quantitative estimate of drug-likeness (QED) is 0.792. The average Bonchev–Trinajstić information content (AvgIpc) is 2.30. The van der Waals surface area contributed by atoms with Gasteiger partial charge < -0.3 is 9.84 Å². The summed E-state index contributed by atoms with van der Waals surface area (Å²) in [5.41, 5.74) is 0. The number of piperidine rings is 1. The fourth-order valence-corrected chi connectivity index (χ4v) is 3.47. The van der Waals surface area contributed by atoms with E-state index >= 15 is 0 Å². The Balaban J connectivity index is 1.87. The lowest BCUT2D eigenvalue weighted by molar-refractivity contribution is -0.00609. The van der Waals surface area contributed by atoms with Gasteiger partial charge in [0.15, 0.2) is 0 Å². The average molecular weight is 227 g/mol. The van der Waals surface area contributed by atoms with Crippen LogP contribution in [0.1, 0.15) is 38.5 Å². The van der Waals surface area contributed by atoms with Gasteiger partial charge >= 0.3 is 0 Å². The van der Waals surface area contributed by atoms with Crippen molar-refractivity contribution in [3.05, 3.63) is 0 Å². The first kappa shape index (κ1) is 12.3. The molecule has 0 amide bonds. The number of likely N-dealkylation sites (tertiary alicyclic amines) is 1. The largest absolute Gasteiger partial charge is 0.389 e. The fourth-order valence-electron chi connectivity index (χ4n) is 3.47. The van der Waals surface area contributed by atoms with E-state index in [4.69, 9.17) is 4.74 Å². The van der Waals surface area contributed by atoms with Crippen molar-refractivity contribution in [1.82, 2.24) is 4.90 Å². The molecule has 0 aromatic carbocycles. The Hall–Kier alpha value is -0.120. The van der Waals surface area contributed by atoms with E-state index in [-0.39, 0.29) is 6.10 Å². The van der Waals surface area contributed by atoms with E-state index in [1.165, 1.54) is 45.1 Å². The molecule has 3 atom stereocenters. The molecular weight excluding hydrogens is 202 g/mol. The van der Waals surface area contributed by atoms with Crippen LogP contribution in [0.2, 0.25) is 0 Å². The molecule has 0 bridgehead atoms. The highest BCUT2D eigenvalue weighted by Crippen LogP contribution is 2.35. The summed E-state index contributed by atoms with van der Waals surface area (Å²) in [5, 5.41) is 9.83. The first-order chi connectivity index (χ1) is 7.81. The van der Waals surface area contributed by atoms with Crippen LogP contribution < -0.4 is 0 Å².